The van der Waals surface area contributed by atoms with Crippen LogP contribution in [0.25, 0.3) is 0 Å². The molecule has 2 N–H and O–H groups in total. The maximum absolute atomic E-state index is 11.7. The summed E-state index contributed by atoms with van der Waals surface area (Å²) >= 11 is 0. The van der Waals surface area contributed by atoms with Crippen molar-refractivity contribution in [2.75, 3.05) is 20.3 Å². The van der Waals surface area contributed by atoms with E-state index in [0.717, 1.165) is 19.3 Å². The number of unbranched alkanes of at least 4 members (excludes halogenated alkanes) is 5. The molecule has 4 nitrogen and oxygen atoms in total. The molecule has 1 rings (SSSR count). The van der Waals surface area contributed by atoms with Crippen molar-refractivity contribution in [3.63, 3.8) is 0 Å². The molecule has 4 heteroatoms. The molecule has 112 valence electrons. The largest absolute Gasteiger partial charge is 0.468 e. The molecule has 0 bridgehead atoms. The van der Waals surface area contributed by atoms with Crippen LogP contribution < -0.4 is 5.73 Å². The molecule has 0 aliphatic heterocycles. The van der Waals surface area contributed by atoms with Crippen LogP contribution in [0.2, 0.25) is 0 Å². The summed E-state index contributed by atoms with van der Waals surface area (Å²) in [4.78, 5) is 11.7. The van der Waals surface area contributed by atoms with E-state index < -0.39 is 5.54 Å². The van der Waals surface area contributed by atoms with Gasteiger partial charge in [0.2, 0.25) is 0 Å². The SMILES string of the molecule is CCCCCCCCOCC(N)(C(=O)OC)C1CC1. The third-order valence-electron chi connectivity index (χ3n) is 3.85. The van der Waals surface area contributed by atoms with Gasteiger partial charge in [0.05, 0.1) is 13.7 Å². The molecular formula is C15H29NO3. The lowest BCUT2D eigenvalue weighted by atomic mass is 9.96. The second kappa shape index (κ2) is 8.54. The molecule has 0 aromatic heterocycles. The van der Waals surface area contributed by atoms with Crippen LogP contribution in [0.5, 0.6) is 0 Å². The summed E-state index contributed by atoms with van der Waals surface area (Å²) in [6, 6.07) is 0. The molecule has 1 aliphatic carbocycles. The second-order valence-electron chi connectivity index (χ2n) is 5.63. The minimum absolute atomic E-state index is 0.240. The van der Waals surface area contributed by atoms with E-state index in [1.54, 1.807) is 0 Å². The Kier molecular flexibility index (Phi) is 7.39. The van der Waals surface area contributed by atoms with E-state index in [4.69, 9.17) is 15.2 Å². The van der Waals surface area contributed by atoms with E-state index in [-0.39, 0.29) is 11.9 Å². The average Bonchev–Trinajstić information content (AvgIpc) is 3.25. The van der Waals surface area contributed by atoms with Gasteiger partial charge in [0.1, 0.15) is 5.54 Å². The van der Waals surface area contributed by atoms with Crippen molar-refractivity contribution in [1.29, 1.82) is 0 Å². The van der Waals surface area contributed by atoms with Crippen molar-refractivity contribution in [1.82, 2.24) is 0 Å². The van der Waals surface area contributed by atoms with Gasteiger partial charge in [-0.05, 0) is 25.2 Å². The van der Waals surface area contributed by atoms with Crippen LogP contribution in [0.15, 0.2) is 0 Å². The van der Waals surface area contributed by atoms with E-state index in [2.05, 4.69) is 6.92 Å². The molecule has 1 atom stereocenters. The van der Waals surface area contributed by atoms with Crippen LogP contribution in [-0.4, -0.2) is 31.8 Å². The van der Waals surface area contributed by atoms with Crippen LogP contribution in [0.3, 0.4) is 0 Å². The highest BCUT2D eigenvalue weighted by Gasteiger charge is 2.49. The minimum atomic E-state index is -0.920. The first-order valence-electron chi connectivity index (χ1n) is 7.60. The monoisotopic (exact) mass is 271 g/mol. The quantitative estimate of drug-likeness (QED) is 0.463. The number of carbonyl (C=O) groups excluding carboxylic acids is 1. The fraction of sp³-hybridized carbons (Fsp3) is 0.933. The number of hydrogen-bond acceptors (Lipinski definition) is 4. The zero-order chi connectivity index (χ0) is 14.1. The molecule has 0 radical (unpaired) electrons. The zero-order valence-electron chi connectivity index (χ0n) is 12.5. The normalized spacial score (nSPS) is 18.1. The third-order valence-corrected chi connectivity index (χ3v) is 3.85. The van der Waals surface area contributed by atoms with E-state index in [1.165, 1.54) is 39.2 Å². The van der Waals surface area contributed by atoms with E-state index in [9.17, 15) is 4.79 Å². The Morgan fingerprint density at radius 3 is 2.42 bits per heavy atom. The summed E-state index contributed by atoms with van der Waals surface area (Å²) in [6.45, 7) is 3.20. The summed E-state index contributed by atoms with van der Waals surface area (Å²) in [6.07, 6.45) is 9.42. The third kappa shape index (κ3) is 5.49. The van der Waals surface area contributed by atoms with Crippen molar-refractivity contribution in [3.8, 4) is 0 Å². The number of hydrogen-bond donors (Lipinski definition) is 1. The standard InChI is InChI=1S/C15H29NO3/c1-3-4-5-6-7-8-11-19-12-15(16,13-9-10-13)14(17)18-2/h13H,3-12,16H2,1-2H3. The number of nitrogens with two attached hydrogens (primary N) is 1. The highest BCUT2D eigenvalue weighted by molar-refractivity contribution is 5.81. The molecule has 1 unspecified atom stereocenters. The van der Waals surface area contributed by atoms with Gasteiger partial charge in [-0.15, -0.1) is 0 Å². The Morgan fingerprint density at radius 2 is 1.84 bits per heavy atom. The van der Waals surface area contributed by atoms with Crippen LogP contribution in [0.1, 0.15) is 58.3 Å². The molecule has 0 heterocycles. The Labute approximate surface area is 117 Å². The molecule has 0 amide bonds. The van der Waals surface area contributed by atoms with Gasteiger partial charge in [0.25, 0.3) is 0 Å². The van der Waals surface area contributed by atoms with Crippen LogP contribution in [0.4, 0.5) is 0 Å². The highest BCUT2D eigenvalue weighted by Crippen LogP contribution is 2.39. The number of esters is 1. The number of carbonyl (C=O) groups is 1. The van der Waals surface area contributed by atoms with Gasteiger partial charge in [0, 0.05) is 6.61 Å². The Bertz CT molecular complexity index is 266. The average molecular weight is 271 g/mol. The van der Waals surface area contributed by atoms with Crippen molar-refractivity contribution < 1.29 is 14.3 Å². The summed E-state index contributed by atoms with van der Waals surface area (Å²) in [7, 11) is 1.39. The Morgan fingerprint density at radius 1 is 1.21 bits per heavy atom. The predicted molar refractivity (Wildman–Crippen MR) is 75.9 cm³/mol. The number of methoxy groups -OCH3 is 1. The topological polar surface area (TPSA) is 61.5 Å². The smallest absolute Gasteiger partial charge is 0.328 e. The lowest BCUT2D eigenvalue weighted by molar-refractivity contribution is -0.150. The molecule has 0 aromatic rings. The van der Waals surface area contributed by atoms with Crippen molar-refractivity contribution in [2.45, 2.75) is 63.8 Å². The van der Waals surface area contributed by atoms with Crippen molar-refractivity contribution in [2.24, 2.45) is 11.7 Å². The van der Waals surface area contributed by atoms with Gasteiger partial charge >= 0.3 is 5.97 Å². The molecule has 0 saturated heterocycles. The van der Waals surface area contributed by atoms with Gasteiger partial charge in [-0.1, -0.05) is 39.0 Å². The Hall–Kier alpha value is -0.610. The van der Waals surface area contributed by atoms with Gasteiger partial charge in [-0.25, -0.2) is 4.79 Å². The molecule has 0 spiro atoms. The lowest BCUT2D eigenvalue weighted by Gasteiger charge is -2.26. The van der Waals surface area contributed by atoms with Crippen molar-refractivity contribution >= 4 is 5.97 Å². The second-order valence-corrected chi connectivity index (χ2v) is 5.63. The first-order valence-corrected chi connectivity index (χ1v) is 7.60. The van der Waals surface area contributed by atoms with E-state index in [0.29, 0.717) is 13.2 Å². The number of rotatable bonds is 11. The molecule has 19 heavy (non-hydrogen) atoms. The van der Waals surface area contributed by atoms with Gasteiger partial charge < -0.3 is 15.2 Å². The predicted octanol–water partition coefficient (Wildman–Crippen LogP) is 2.64. The van der Waals surface area contributed by atoms with E-state index in [1.807, 2.05) is 0 Å². The summed E-state index contributed by atoms with van der Waals surface area (Å²) in [5.74, 6) is -0.0950. The zero-order valence-corrected chi connectivity index (χ0v) is 12.5. The molecule has 1 fully saturated rings. The first kappa shape index (κ1) is 16.4. The summed E-state index contributed by atoms with van der Waals surface area (Å²) < 4.78 is 10.4. The number of ether oxygens (including phenoxy) is 2. The molecule has 1 saturated carbocycles. The van der Waals surface area contributed by atoms with Crippen LogP contribution >= 0.6 is 0 Å². The van der Waals surface area contributed by atoms with Crippen molar-refractivity contribution in [3.05, 3.63) is 0 Å². The minimum Gasteiger partial charge on any atom is -0.468 e. The van der Waals surface area contributed by atoms with Gasteiger partial charge in [0.15, 0.2) is 0 Å². The lowest BCUT2D eigenvalue weighted by Crippen LogP contribution is -2.54. The fourth-order valence-electron chi connectivity index (χ4n) is 2.36. The molecule has 1 aliphatic rings. The van der Waals surface area contributed by atoms with E-state index >= 15 is 0 Å². The molecule has 0 aromatic carbocycles. The van der Waals surface area contributed by atoms with Gasteiger partial charge in [-0.3, -0.25) is 0 Å². The maximum Gasteiger partial charge on any atom is 0.328 e. The molecular weight excluding hydrogens is 242 g/mol. The fourth-order valence-corrected chi connectivity index (χ4v) is 2.36. The van der Waals surface area contributed by atoms with Crippen LogP contribution in [0, 0.1) is 5.92 Å². The maximum atomic E-state index is 11.7. The highest BCUT2D eigenvalue weighted by atomic mass is 16.5. The van der Waals surface area contributed by atoms with Gasteiger partial charge in [-0.2, -0.15) is 0 Å². The summed E-state index contributed by atoms with van der Waals surface area (Å²) in [5, 5.41) is 0. The Balaban J connectivity index is 2.11. The summed E-state index contributed by atoms with van der Waals surface area (Å²) in [5.41, 5.74) is 5.22. The van der Waals surface area contributed by atoms with Crippen LogP contribution in [-0.2, 0) is 14.3 Å². The first-order chi connectivity index (χ1) is 9.15.